The second kappa shape index (κ2) is 8.15. The summed E-state index contributed by atoms with van der Waals surface area (Å²) in [5.74, 6) is -0.167. The lowest BCUT2D eigenvalue weighted by Gasteiger charge is -2.27. The van der Waals surface area contributed by atoms with Crippen LogP contribution in [0.3, 0.4) is 0 Å². The number of nitrogens with one attached hydrogen (secondary N) is 2. The van der Waals surface area contributed by atoms with E-state index < -0.39 is 11.1 Å². The van der Waals surface area contributed by atoms with E-state index in [1.807, 2.05) is 0 Å². The van der Waals surface area contributed by atoms with Gasteiger partial charge in [0.15, 0.2) is 0 Å². The number of amides is 2. The molecule has 0 radical (unpaired) electrons. The van der Waals surface area contributed by atoms with E-state index in [2.05, 4.69) is 10.6 Å². The number of thiophene rings is 1. The molecule has 0 aliphatic carbocycles. The largest absolute Gasteiger partial charge is 0.450 e. The van der Waals surface area contributed by atoms with E-state index in [1.165, 1.54) is 23.5 Å². The first-order chi connectivity index (χ1) is 14.5. The number of carbonyl (C=O) groups excluding carboxylic acids is 2. The quantitative estimate of drug-likeness (QED) is 0.570. The second-order valence-electron chi connectivity index (χ2n) is 6.89. The minimum absolute atomic E-state index is 0.0113. The fourth-order valence-electron chi connectivity index (χ4n) is 3.55. The molecule has 2 aliphatic rings. The molecule has 1 aromatic carbocycles. The van der Waals surface area contributed by atoms with Crippen LogP contribution in [0.25, 0.3) is 6.08 Å². The molecule has 3 heterocycles. The number of rotatable bonds is 4. The number of nitrogens with zero attached hydrogens (tertiary/aromatic N) is 2. The van der Waals surface area contributed by atoms with Crippen molar-refractivity contribution in [2.45, 2.75) is 26.1 Å². The number of benzene rings is 1. The molecule has 2 aliphatic heterocycles. The molecule has 2 N–H and O–H groups in total. The van der Waals surface area contributed by atoms with E-state index in [0.29, 0.717) is 37.2 Å². The van der Waals surface area contributed by atoms with Crippen molar-refractivity contribution in [1.29, 1.82) is 0 Å². The van der Waals surface area contributed by atoms with Crippen LogP contribution < -0.4 is 10.6 Å². The normalized spacial score (nSPS) is 17.7. The Hall–Kier alpha value is -3.40. The minimum atomic E-state index is -0.444. The minimum Gasteiger partial charge on any atom is -0.450 e. The average molecular weight is 428 g/mol. The van der Waals surface area contributed by atoms with Gasteiger partial charge in [-0.3, -0.25) is 14.9 Å². The highest BCUT2D eigenvalue weighted by Gasteiger charge is 2.33. The molecule has 2 aromatic rings. The van der Waals surface area contributed by atoms with Gasteiger partial charge in [-0.15, -0.1) is 11.3 Å². The fraction of sp³-hybridized carbons (Fsp3) is 0.300. The number of ether oxygens (including phenoxy) is 1. The maximum absolute atomic E-state index is 12.7. The van der Waals surface area contributed by atoms with E-state index in [9.17, 15) is 19.7 Å². The highest BCUT2D eigenvalue weighted by molar-refractivity contribution is 7.16. The van der Waals surface area contributed by atoms with Crippen molar-refractivity contribution in [2.24, 2.45) is 0 Å². The summed E-state index contributed by atoms with van der Waals surface area (Å²) in [6.07, 6.45) is 3.30. The Balaban J connectivity index is 1.51. The van der Waals surface area contributed by atoms with Crippen molar-refractivity contribution < 1.29 is 19.2 Å². The summed E-state index contributed by atoms with van der Waals surface area (Å²) in [5.41, 5.74) is 2.29. The van der Waals surface area contributed by atoms with Crippen molar-refractivity contribution in [2.75, 3.05) is 18.5 Å². The molecule has 10 heteroatoms. The fourth-order valence-corrected chi connectivity index (χ4v) is 4.85. The van der Waals surface area contributed by atoms with Crippen LogP contribution in [0.1, 0.15) is 33.3 Å². The molecule has 0 saturated heterocycles. The van der Waals surface area contributed by atoms with Gasteiger partial charge in [-0.2, -0.15) is 0 Å². The average Bonchev–Trinajstić information content (AvgIpc) is 3.10. The number of fused-ring (bicyclic) bond motifs is 3. The van der Waals surface area contributed by atoms with Crippen LogP contribution in [0, 0.1) is 10.1 Å². The number of non-ortho nitro benzene ring substituents is 1. The van der Waals surface area contributed by atoms with Gasteiger partial charge in [-0.25, -0.2) is 4.79 Å². The summed E-state index contributed by atoms with van der Waals surface area (Å²) >= 11 is 1.47. The van der Waals surface area contributed by atoms with Crippen molar-refractivity contribution >= 4 is 40.1 Å². The SMILES string of the molecule is CCOC(=O)N1CCc2c(sc3c2C(=O)N[C@H](/C=C\c2cccc([N+](=O)[O-])c2)N3)C1. The number of anilines is 1. The first-order valence-electron chi connectivity index (χ1n) is 9.52. The van der Waals surface area contributed by atoms with Gasteiger partial charge in [-0.1, -0.05) is 18.2 Å². The maximum Gasteiger partial charge on any atom is 0.410 e. The molecular formula is C20H20N4O5S. The van der Waals surface area contributed by atoms with Crippen LogP contribution in [-0.2, 0) is 17.7 Å². The molecule has 0 spiro atoms. The van der Waals surface area contributed by atoms with Gasteiger partial charge in [0.05, 0.1) is 23.6 Å². The Morgan fingerprint density at radius 2 is 2.27 bits per heavy atom. The van der Waals surface area contributed by atoms with Crippen LogP contribution >= 0.6 is 11.3 Å². The third kappa shape index (κ3) is 3.86. The van der Waals surface area contributed by atoms with E-state index in [0.717, 1.165) is 15.4 Å². The lowest BCUT2D eigenvalue weighted by molar-refractivity contribution is -0.384. The molecule has 9 nitrogen and oxygen atoms in total. The van der Waals surface area contributed by atoms with Gasteiger partial charge in [-0.05, 0) is 30.5 Å². The van der Waals surface area contributed by atoms with Gasteiger partial charge in [0.25, 0.3) is 11.6 Å². The van der Waals surface area contributed by atoms with Crippen LogP contribution in [0.4, 0.5) is 15.5 Å². The number of hydrogen-bond donors (Lipinski definition) is 2. The van der Waals surface area contributed by atoms with Gasteiger partial charge in [0, 0.05) is 23.6 Å². The Morgan fingerprint density at radius 3 is 3.03 bits per heavy atom. The van der Waals surface area contributed by atoms with Crippen LogP contribution in [-0.4, -0.2) is 41.1 Å². The van der Waals surface area contributed by atoms with E-state index in [1.54, 1.807) is 36.1 Å². The van der Waals surface area contributed by atoms with E-state index >= 15 is 0 Å². The monoisotopic (exact) mass is 428 g/mol. The zero-order valence-electron chi connectivity index (χ0n) is 16.2. The van der Waals surface area contributed by atoms with E-state index in [4.69, 9.17) is 4.74 Å². The third-order valence-electron chi connectivity index (χ3n) is 4.95. The topological polar surface area (TPSA) is 114 Å². The number of hydrogen-bond acceptors (Lipinski definition) is 7. The Kier molecular flexibility index (Phi) is 5.40. The molecule has 2 amide bonds. The highest BCUT2D eigenvalue weighted by atomic mass is 32.1. The zero-order valence-corrected chi connectivity index (χ0v) is 17.0. The zero-order chi connectivity index (χ0) is 21.3. The van der Waals surface area contributed by atoms with Crippen LogP contribution in [0.5, 0.6) is 0 Å². The van der Waals surface area contributed by atoms with Crippen molar-refractivity contribution in [3.8, 4) is 0 Å². The summed E-state index contributed by atoms with van der Waals surface area (Å²) in [4.78, 5) is 37.8. The standard InChI is InChI=1S/C20H20N4O5S/c1-2-29-20(26)23-9-8-14-15(11-23)30-19-17(14)18(25)21-16(22-19)7-6-12-4-3-5-13(10-12)24(27)28/h3-7,10,16,22H,2,8-9,11H2,1H3,(H,21,25)/b7-6-/t16-/m0/s1. The first kappa shape index (κ1) is 19.9. The molecule has 30 heavy (non-hydrogen) atoms. The van der Waals surface area contributed by atoms with Gasteiger partial charge < -0.3 is 20.3 Å². The predicted octanol–water partition coefficient (Wildman–Crippen LogP) is 3.37. The Morgan fingerprint density at radius 1 is 1.43 bits per heavy atom. The molecule has 0 unspecified atom stereocenters. The molecule has 1 atom stereocenters. The Bertz CT molecular complexity index is 1050. The predicted molar refractivity (Wildman–Crippen MR) is 112 cm³/mol. The first-order valence-corrected chi connectivity index (χ1v) is 10.3. The molecule has 0 fully saturated rings. The summed E-state index contributed by atoms with van der Waals surface area (Å²) in [7, 11) is 0. The maximum atomic E-state index is 12.7. The lowest BCUT2D eigenvalue weighted by Crippen LogP contribution is -2.43. The smallest absolute Gasteiger partial charge is 0.410 e. The number of carbonyl (C=O) groups is 2. The Labute approximate surface area is 176 Å². The lowest BCUT2D eigenvalue weighted by atomic mass is 10.0. The number of nitro groups is 1. The van der Waals surface area contributed by atoms with Crippen LogP contribution in [0.2, 0.25) is 0 Å². The highest BCUT2D eigenvalue weighted by Crippen LogP contribution is 2.39. The molecule has 1 aromatic heterocycles. The van der Waals surface area contributed by atoms with Crippen LogP contribution in [0.15, 0.2) is 30.3 Å². The molecular weight excluding hydrogens is 408 g/mol. The number of nitro benzene ring substituents is 1. The second-order valence-corrected chi connectivity index (χ2v) is 7.99. The summed E-state index contributed by atoms with van der Waals surface area (Å²) in [6, 6.07) is 6.28. The summed E-state index contributed by atoms with van der Waals surface area (Å²) in [5, 5.41) is 17.9. The third-order valence-corrected chi connectivity index (χ3v) is 6.09. The molecule has 0 bridgehead atoms. The van der Waals surface area contributed by atoms with E-state index in [-0.39, 0.29) is 17.7 Å². The van der Waals surface area contributed by atoms with Gasteiger partial charge in [0.1, 0.15) is 11.2 Å². The van der Waals surface area contributed by atoms with Gasteiger partial charge >= 0.3 is 6.09 Å². The van der Waals surface area contributed by atoms with Crippen molar-refractivity contribution in [3.05, 3.63) is 62.0 Å². The van der Waals surface area contributed by atoms with Crippen molar-refractivity contribution in [3.63, 3.8) is 0 Å². The molecule has 156 valence electrons. The van der Waals surface area contributed by atoms with Gasteiger partial charge in [0.2, 0.25) is 0 Å². The van der Waals surface area contributed by atoms with Crippen molar-refractivity contribution in [1.82, 2.24) is 10.2 Å². The summed E-state index contributed by atoms with van der Waals surface area (Å²) < 4.78 is 5.08. The summed E-state index contributed by atoms with van der Waals surface area (Å²) in [6.45, 7) is 3.03. The molecule has 4 rings (SSSR count). The molecule has 0 saturated carbocycles.